The van der Waals surface area contributed by atoms with Crippen molar-refractivity contribution < 1.29 is 6.11 Å². The van der Waals surface area contributed by atoms with Crippen molar-refractivity contribution in [1.29, 1.82) is 0 Å². The van der Waals surface area contributed by atoms with E-state index in [1.54, 1.807) is 32.4 Å². The van der Waals surface area contributed by atoms with Crippen LogP contribution in [0.1, 0.15) is 13.9 Å². The fourth-order valence-electron chi connectivity index (χ4n) is 1.69. The zero-order valence-electron chi connectivity index (χ0n) is 10.9. The van der Waals surface area contributed by atoms with Crippen molar-refractivity contribution >= 4 is 0 Å². The highest BCUT2D eigenvalue weighted by atomic mass is 16.5. The van der Waals surface area contributed by atoms with Gasteiger partial charge >= 0.3 is 0 Å². The lowest BCUT2D eigenvalue weighted by molar-refractivity contribution is 0.412. The number of aryl methyl sites for hydroxylation is 1. The lowest BCUT2D eigenvalue weighted by Gasteiger charge is -2.11. The number of ether oxygens (including phenoxy) is 1. The zero-order chi connectivity index (χ0) is 13.1. The summed E-state index contributed by atoms with van der Waals surface area (Å²) < 4.78 is 14.5. The standard InChI is InChI=1S/C14H15NO2/c1-3-11-8-9-14(16)15(10-11)12-6-4-5-7-13(12)17-2/h4-10H,3H2,1-2H3/i3D. The van der Waals surface area contributed by atoms with Crippen LogP contribution in [0.15, 0.2) is 47.4 Å². The molecule has 17 heavy (non-hydrogen) atoms. The summed E-state index contributed by atoms with van der Waals surface area (Å²) in [6.07, 6.45) is 1.32. The molecule has 1 aromatic heterocycles. The molecule has 3 nitrogen and oxygen atoms in total. The molecular formula is C14H15NO2. The molecule has 0 fully saturated rings. The summed E-state index contributed by atoms with van der Waals surface area (Å²) in [5.74, 6) is 0.634. The van der Waals surface area contributed by atoms with Crippen LogP contribution in [0.25, 0.3) is 5.69 Å². The summed E-state index contributed by atoms with van der Waals surface area (Å²) in [5.41, 5.74) is 1.34. The molecule has 0 saturated carbocycles. The van der Waals surface area contributed by atoms with Crippen LogP contribution >= 0.6 is 0 Å². The molecule has 0 aliphatic rings. The molecule has 0 N–H and O–H groups in total. The Morgan fingerprint density at radius 3 is 2.76 bits per heavy atom. The first kappa shape index (κ1) is 10.1. The third-order valence-electron chi connectivity index (χ3n) is 2.61. The van der Waals surface area contributed by atoms with E-state index >= 15 is 0 Å². The van der Waals surface area contributed by atoms with Crippen LogP contribution < -0.4 is 10.3 Å². The number of benzene rings is 1. The Labute approximate surface area is 102 Å². The summed E-state index contributed by atoms with van der Waals surface area (Å²) in [6, 6.07) is 10.5. The van der Waals surface area contributed by atoms with Crippen LogP contribution in [0.2, 0.25) is 0 Å². The predicted octanol–water partition coefficient (Wildman–Crippen LogP) is 2.41. The number of pyridine rings is 1. The van der Waals surface area contributed by atoms with Gasteiger partial charge < -0.3 is 4.74 Å². The lowest BCUT2D eigenvalue weighted by atomic mass is 10.2. The Bertz CT molecular complexity index is 605. The van der Waals surface area contributed by atoms with E-state index in [-0.39, 0.29) is 12.0 Å². The highest BCUT2D eigenvalue weighted by Crippen LogP contribution is 2.20. The smallest absolute Gasteiger partial charge is 0.255 e. The minimum absolute atomic E-state index is 0.135. The van der Waals surface area contributed by atoms with Gasteiger partial charge in [-0.25, -0.2) is 0 Å². The highest BCUT2D eigenvalue weighted by molar-refractivity contribution is 5.46. The average molecular weight is 230 g/mol. The first-order valence-electron chi connectivity index (χ1n) is 5.99. The Morgan fingerprint density at radius 1 is 1.29 bits per heavy atom. The minimum atomic E-state index is -0.369. The summed E-state index contributed by atoms with van der Waals surface area (Å²) in [6.45, 7) is 1.77. The summed E-state index contributed by atoms with van der Waals surface area (Å²) in [4.78, 5) is 11.9. The van der Waals surface area contributed by atoms with Crippen LogP contribution in [-0.2, 0) is 6.40 Å². The number of para-hydroxylation sites is 2. The van der Waals surface area contributed by atoms with Gasteiger partial charge in [0.2, 0.25) is 0 Å². The number of aromatic nitrogens is 1. The van der Waals surface area contributed by atoms with Crippen molar-refractivity contribution in [1.82, 2.24) is 4.57 Å². The molecule has 0 saturated heterocycles. The Hall–Kier alpha value is -2.03. The van der Waals surface area contributed by atoms with Crippen LogP contribution in [0.5, 0.6) is 5.75 Å². The molecule has 1 atom stereocenters. The molecule has 1 unspecified atom stereocenters. The largest absolute Gasteiger partial charge is 0.495 e. The third-order valence-corrected chi connectivity index (χ3v) is 2.61. The number of methoxy groups -OCH3 is 1. The Balaban J connectivity index is 2.63. The van der Waals surface area contributed by atoms with Crippen LogP contribution in [0, 0.1) is 0 Å². The number of rotatable bonds is 3. The van der Waals surface area contributed by atoms with Gasteiger partial charge in [-0.15, -0.1) is 0 Å². The average Bonchev–Trinajstić information content (AvgIpc) is 2.39. The molecule has 2 rings (SSSR count). The molecule has 3 heteroatoms. The minimum Gasteiger partial charge on any atom is -0.495 e. The van der Waals surface area contributed by atoms with Crippen molar-refractivity contribution in [2.24, 2.45) is 0 Å². The van der Waals surface area contributed by atoms with Crippen molar-refractivity contribution in [2.45, 2.75) is 13.3 Å². The molecule has 0 amide bonds. The van der Waals surface area contributed by atoms with E-state index in [1.165, 1.54) is 10.6 Å². The van der Waals surface area contributed by atoms with E-state index in [9.17, 15) is 4.79 Å². The first-order valence-corrected chi connectivity index (χ1v) is 5.41. The molecule has 2 aromatic rings. The van der Waals surface area contributed by atoms with E-state index in [2.05, 4.69) is 0 Å². The maximum absolute atomic E-state index is 11.9. The van der Waals surface area contributed by atoms with Crippen LogP contribution in [0.3, 0.4) is 0 Å². The van der Waals surface area contributed by atoms with E-state index < -0.39 is 0 Å². The van der Waals surface area contributed by atoms with Gasteiger partial charge in [-0.3, -0.25) is 9.36 Å². The van der Waals surface area contributed by atoms with E-state index in [0.717, 1.165) is 5.56 Å². The van der Waals surface area contributed by atoms with Gasteiger partial charge in [-0.1, -0.05) is 25.1 Å². The highest BCUT2D eigenvalue weighted by Gasteiger charge is 2.06. The fourth-order valence-corrected chi connectivity index (χ4v) is 1.69. The number of hydrogen-bond donors (Lipinski definition) is 0. The van der Waals surface area contributed by atoms with Crippen LogP contribution in [0.4, 0.5) is 0 Å². The van der Waals surface area contributed by atoms with Crippen molar-refractivity contribution in [2.75, 3.05) is 7.11 Å². The zero-order valence-corrected chi connectivity index (χ0v) is 9.88. The maximum Gasteiger partial charge on any atom is 0.255 e. The second-order valence-electron chi connectivity index (χ2n) is 3.63. The topological polar surface area (TPSA) is 31.2 Å². The fraction of sp³-hybridized carbons (Fsp3) is 0.214. The number of nitrogens with zero attached hydrogens (tertiary/aromatic N) is 1. The molecule has 0 bridgehead atoms. The lowest BCUT2D eigenvalue weighted by Crippen LogP contribution is -2.17. The molecule has 1 aromatic carbocycles. The molecule has 0 radical (unpaired) electrons. The van der Waals surface area contributed by atoms with Crippen molar-refractivity contribution in [3.05, 3.63) is 58.5 Å². The normalized spacial score (nSPS) is 12.9. The third kappa shape index (κ3) is 2.23. The van der Waals surface area contributed by atoms with Crippen LogP contribution in [-0.4, -0.2) is 11.7 Å². The van der Waals surface area contributed by atoms with Gasteiger partial charge in [0.25, 0.3) is 5.56 Å². The van der Waals surface area contributed by atoms with E-state index in [1.807, 2.05) is 18.2 Å². The van der Waals surface area contributed by atoms with E-state index in [4.69, 9.17) is 6.11 Å². The van der Waals surface area contributed by atoms with Gasteiger partial charge in [0.15, 0.2) is 0 Å². The SMILES string of the molecule is [2H]C(C)c1ccc(=O)n(-c2ccccc2OC)c1. The summed E-state index contributed by atoms with van der Waals surface area (Å²) >= 11 is 0. The molecule has 0 aliphatic carbocycles. The van der Waals surface area contributed by atoms with Crippen molar-refractivity contribution in [3.8, 4) is 11.4 Å². The van der Waals surface area contributed by atoms with E-state index in [0.29, 0.717) is 11.4 Å². The Kier molecular flexibility index (Phi) is 2.91. The second kappa shape index (κ2) is 4.87. The monoisotopic (exact) mass is 230 g/mol. The molecule has 88 valence electrons. The first-order chi connectivity index (χ1) is 8.63. The Morgan fingerprint density at radius 2 is 2.06 bits per heavy atom. The van der Waals surface area contributed by atoms with Gasteiger partial charge in [-0.2, -0.15) is 0 Å². The molecule has 0 aliphatic heterocycles. The van der Waals surface area contributed by atoms with Gasteiger partial charge in [0, 0.05) is 13.6 Å². The quantitative estimate of drug-likeness (QED) is 0.810. The molecular weight excluding hydrogens is 214 g/mol. The van der Waals surface area contributed by atoms with Crippen molar-refractivity contribution in [3.63, 3.8) is 0 Å². The number of hydrogen-bond acceptors (Lipinski definition) is 2. The van der Waals surface area contributed by atoms with Gasteiger partial charge in [-0.05, 0) is 24.1 Å². The summed E-state index contributed by atoms with van der Waals surface area (Å²) in [7, 11) is 1.57. The van der Waals surface area contributed by atoms with Gasteiger partial charge in [0.05, 0.1) is 12.8 Å². The molecule has 1 heterocycles. The molecule has 0 spiro atoms. The maximum atomic E-state index is 11.9. The summed E-state index contributed by atoms with van der Waals surface area (Å²) in [5, 5.41) is 0. The predicted molar refractivity (Wildman–Crippen MR) is 68.0 cm³/mol. The van der Waals surface area contributed by atoms with Gasteiger partial charge in [0.1, 0.15) is 5.75 Å². The second-order valence-corrected chi connectivity index (χ2v) is 3.63.